The molecule has 56 heavy (non-hydrogen) atoms. The quantitative estimate of drug-likeness (QED) is 0.0203. The molecule has 1 heterocycles. The first-order chi connectivity index (χ1) is 27.0. The molecule has 1 aliphatic rings. The molecule has 12 nitrogen and oxygen atoms in total. The highest BCUT2D eigenvalue weighted by Crippen LogP contribution is 2.24. The highest BCUT2D eigenvalue weighted by atomic mass is 32.2. The average Bonchev–Trinajstić information content (AvgIpc) is 3.16. The predicted octanol–water partition coefficient (Wildman–Crippen LogP) is 8.67. The van der Waals surface area contributed by atoms with Crippen LogP contribution < -0.4 is 0 Å². The van der Waals surface area contributed by atoms with Crippen molar-refractivity contribution in [3.05, 3.63) is 12.2 Å². The average molecular weight is 821 g/mol. The van der Waals surface area contributed by atoms with Crippen molar-refractivity contribution in [3.8, 4) is 0 Å². The molecule has 330 valence electrons. The normalized spacial score (nSPS) is 20.7. The summed E-state index contributed by atoms with van der Waals surface area (Å²) in [6.07, 6.45) is 25.4. The van der Waals surface area contributed by atoms with Gasteiger partial charge >= 0.3 is 11.9 Å². The van der Waals surface area contributed by atoms with Gasteiger partial charge in [0, 0.05) is 12.8 Å². The Balaban J connectivity index is 2.46. The lowest BCUT2D eigenvalue weighted by Crippen LogP contribution is -2.60. The monoisotopic (exact) mass is 821 g/mol. The van der Waals surface area contributed by atoms with Crippen LogP contribution in [0.25, 0.3) is 0 Å². The van der Waals surface area contributed by atoms with Crippen LogP contribution in [0.1, 0.15) is 194 Å². The number of rotatable bonds is 37. The second-order valence-corrected chi connectivity index (χ2v) is 17.2. The van der Waals surface area contributed by atoms with Gasteiger partial charge in [-0.2, -0.15) is 8.42 Å². The Labute approximate surface area is 339 Å². The fourth-order valence-electron chi connectivity index (χ4n) is 6.85. The van der Waals surface area contributed by atoms with Crippen LogP contribution in [0, 0.1) is 0 Å². The first-order valence-corrected chi connectivity index (χ1v) is 23.9. The smallest absolute Gasteiger partial charge is 0.306 e. The highest BCUT2D eigenvalue weighted by Gasteiger charge is 2.46. The molecule has 0 saturated carbocycles. The molecule has 6 atom stereocenters. The van der Waals surface area contributed by atoms with E-state index in [-0.39, 0.29) is 19.4 Å². The Kier molecular flexibility index (Phi) is 32.1. The van der Waals surface area contributed by atoms with Gasteiger partial charge in [0.25, 0.3) is 10.1 Å². The third-order valence-corrected chi connectivity index (χ3v) is 11.1. The van der Waals surface area contributed by atoms with Gasteiger partial charge in [0.2, 0.25) is 0 Å². The van der Waals surface area contributed by atoms with Crippen LogP contribution in [-0.4, -0.2) is 96.0 Å². The lowest BCUT2D eigenvalue weighted by molar-refractivity contribution is -0.297. The zero-order chi connectivity index (χ0) is 41.3. The minimum atomic E-state index is -4.60. The SMILES string of the molecule is CCCCCCCC/C=C/CCCCCCCC(=O)OCC(CO[C@H]1O[C@H](CS(=O)(=O)O)[C@@H](O)[C@H](O)[C@H]1O)OC(=O)CCCCCCCCCCCCCCC. The van der Waals surface area contributed by atoms with Gasteiger partial charge in [0.15, 0.2) is 12.4 Å². The zero-order valence-electron chi connectivity index (χ0n) is 35.0. The van der Waals surface area contributed by atoms with E-state index in [1.807, 2.05) is 0 Å². The fraction of sp³-hybridized carbons (Fsp3) is 0.907. The Hall–Kier alpha value is -1.61. The summed E-state index contributed by atoms with van der Waals surface area (Å²) in [6, 6.07) is 0. The second-order valence-electron chi connectivity index (χ2n) is 15.7. The van der Waals surface area contributed by atoms with Crippen molar-refractivity contribution < 1.29 is 56.8 Å². The van der Waals surface area contributed by atoms with E-state index in [1.165, 1.54) is 96.3 Å². The number of hydrogen-bond acceptors (Lipinski definition) is 11. The van der Waals surface area contributed by atoms with E-state index < -0.39 is 71.2 Å². The molecule has 0 aliphatic carbocycles. The number of aliphatic hydroxyl groups is 3. The van der Waals surface area contributed by atoms with Crippen LogP contribution >= 0.6 is 0 Å². The van der Waals surface area contributed by atoms with Gasteiger partial charge in [-0.15, -0.1) is 0 Å². The highest BCUT2D eigenvalue weighted by molar-refractivity contribution is 7.85. The molecule has 13 heteroatoms. The van der Waals surface area contributed by atoms with Crippen LogP contribution in [0.3, 0.4) is 0 Å². The van der Waals surface area contributed by atoms with Crippen molar-refractivity contribution in [2.24, 2.45) is 0 Å². The summed E-state index contributed by atoms with van der Waals surface area (Å²) in [7, 11) is -4.60. The van der Waals surface area contributed by atoms with E-state index in [4.69, 9.17) is 18.9 Å². The zero-order valence-corrected chi connectivity index (χ0v) is 35.8. The number of allylic oxidation sites excluding steroid dienone is 2. The fourth-order valence-corrected chi connectivity index (χ4v) is 7.54. The van der Waals surface area contributed by atoms with E-state index >= 15 is 0 Å². The van der Waals surface area contributed by atoms with Crippen LogP contribution in [0.2, 0.25) is 0 Å². The maximum atomic E-state index is 12.8. The Morgan fingerprint density at radius 3 is 1.48 bits per heavy atom. The lowest BCUT2D eigenvalue weighted by Gasteiger charge is -2.40. The summed E-state index contributed by atoms with van der Waals surface area (Å²) in [5.74, 6) is -1.98. The molecule has 1 rings (SSSR count). The molecule has 0 radical (unpaired) electrons. The summed E-state index contributed by atoms with van der Waals surface area (Å²) in [5, 5.41) is 30.8. The molecule has 0 spiro atoms. The summed E-state index contributed by atoms with van der Waals surface area (Å²) >= 11 is 0. The summed E-state index contributed by atoms with van der Waals surface area (Å²) < 4.78 is 54.0. The van der Waals surface area contributed by atoms with Gasteiger partial charge in [0.1, 0.15) is 36.8 Å². The first kappa shape index (κ1) is 52.4. The van der Waals surface area contributed by atoms with Gasteiger partial charge in [-0.25, -0.2) is 0 Å². The van der Waals surface area contributed by atoms with Gasteiger partial charge in [0.05, 0.1) is 6.61 Å². The lowest BCUT2D eigenvalue weighted by atomic mass is 10.00. The molecule has 0 aromatic heterocycles. The largest absolute Gasteiger partial charge is 0.462 e. The number of carbonyl (C=O) groups is 2. The van der Waals surface area contributed by atoms with E-state index in [9.17, 15) is 37.9 Å². The van der Waals surface area contributed by atoms with Crippen molar-refractivity contribution in [1.29, 1.82) is 0 Å². The Bertz CT molecular complexity index is 1100. The topological polar surface area (TPSA) is 186 Å². The second kappa shape index (κ2) is 34.3. The Morgan fingerprint density at radius 2 is 1.02 bits per heavy atom. The molecule has 0 aromatic rings. The standard InChI is InChI=1S/C43H80O12S/c1-3-5-7-9-11-13-15-17-18-20-21-23-25-27-29-31-38(44)52-33-36(34-53-43-42(48)41(47)40(46)37(55-43)35-56(49,50)51)54-39(45)32-30-28-26-24-22-19-16-14-12-10-8-6-4-2/h17-18,36-37,40-43,46-48H,3-16,19-35H2,1-2H3,(H,49,50,51)/b18-17+/t36?,37-,40-,41+,42-,43+/m1/s1. The molecule has 1 unspecified atom stereocenters. The molecular weight excluding hydrogens is 741 g/mol. The van der Waals surface area contributed by atoms with E-state index in [0.717, 1.165) is 57.8 Å². The van der Waals surface area contributed by atoms with Crippen molar-refractivity contribution in [2.75, 3.05) is 19.0 Å². The minimum absolute atomic E-state index is 0.168. The van der Waals surface area contributed by atoms with Crippen LogP contribution in [-0.2, 0) is 38.7 Å². The number of unbranched alkanes of at least 4 members (excludes halogenated alkanes) is 23. The van der Waals surface area contributed by atoms with Gasteiger partial charge in [-0.05, 0) is 38.5 Å². The van der Waals surface area contributed by atoms with Crippen LogP contribution in [0.15, 0.2) is 12.2 Å². The third-order valence-electron chi connectivity index (χ3n) is 10.3. The van der Waals surface area contributed by atoms with Crippen LogP contribution in [0.4, 0.5) is 0 Å². The Morgan fingerprint density at radius 1 is 0.589 bits per heavy atom. The van der Waals surface area contributed by atoms with E-state index in [1.54, 1.807) is 0 Å². The summed E-state index contributed by atoms with van der Waals surface area (Å²) in [5.41, 5.74) is 0. The van der Waals surface area contributed by atoms with Crippen molar-refractivity contribution in [1.82, 2.24) is 0 Å². The molecular formula is C43H80O12S. The molecule has 0 amide bonds. The van der Waals surface area contributed by atoms with E-state index in [0.29, 0.717) is 12.8 Å². The first-order valence-electron chi connectivity index (χ1n) is 22.2. The molecule has 1 fully saturated rings. The number of hydrogen-bond donors (Lipinski definition) is 4. The van der Waals surface area contributed by atoms with Gasteiger partial charge in [-0.1, -0.05) is 154 Å². The maximum absolute atomic E-state index is 12.8. The minimum Gasteiger partial charge on any atom is -0.462 e. The van der Waals surface area contributed by atoms with Gasteiger partial charge in [-0.3, -0.25) is 14.1 Å². The third kappa shape index (κ3) is 28.7. The number of carbonyl (C=O) groups excluding carboxylic acids is 2. The predicted molar refractivity (Wildman–Crippen MR) is 220 cm³/mol. The molecule has 0 aromatic carbocycles. The van der Waals surface area contributed by atoms with Crippen molar-refractivity contribution in [2.45, 2.75) is 230 Å². The van der Waals surface area contributed by atoms with Crippen LogP contribution in [0.5, 0.6) is 0 Å². The summed E-state index contributed by atoms with van der Waals surface area (Å²) in [4.78, 5) is 25.3. The van der Waals surface area contributed by atoms with E-state index in [2.05, 4.69) is 26.0 Å². The molecule has 1 saturated heterocycles. The van der Waals surface area contributed by atoms with Crippen molar-refractivity contribution in [3.63, 3.8) is 0 Å². The summed E-state index contributed by atoms with van der Waals surface area (Å²) in [6.45, 7) is 3.75. The number of aliphatic hydroxyl groups excluding tert-OH is 3. The molecule has 4 N–H and O–H groups in total. The number of esters is 2. The molecule has 0 bridgehead atoms. The number of ether oxygens (including phenoxy) is 4. The van der Waals surface area contributed by atoms with Crippen molar-refractivity contribution >= 4 is 22.1 Å². The van der Waals surface area contributed by atoms with Gasteiger partial charge < -0.3 is 34.3 Å². The maximum Gasteiger partial charge on any atom is 0.306 e. The molecule has 1 aliphatic heterocycles.